The molecule has 140 valence electrons. The van der Waals surface area contributed by atoms with Gasteiger partial charge in [-0.05, 0) is 42.3 Å². The quantitative estimate of drug-likeness (QED) is 0.730. The predicted octanol–water partition coefficient (Wildman–Crippen LogP) is 2.92. The number of fused-ring (bicyclic) bond motifs is 3. The fraction of sp³-hybridized carbons (Fsp3) is 0.250. The fourth-order valence-electron chi connectivity index (χ4n) is 3.64. The average Bonchev–Trinajstić information content (AvgIpc) is 2.85. The van der Waals surface area contributed by atoms with Gasteiger partial charge in [0.15, 0.2) is 0 Å². The molecule has 1 aromatic heterocycles. The van der Waals surface area contributed by atoms with Crippen molar-refractivity contribution in [3.05, 3.63) is 59.8 Å². The molecule has 0 saturated carbocycles. The third kappa shape index (κ3) is 3.36. The number of carbonyl (C=O) groups is 1. The van der Waals surface area contributed by atoms with Crippen LogP contribution in [0.1, 0.15) is 18.2 Å². The van der Waals surface area contributed by atoms with Gasteiger partial charge in [-0.3, -0.25) is 4.79 Å². The van der Waals surface area contributed by atoms with E-state index < -0.39 is 10.0 Å². The third-order valence-corrected chi connectivity index (χ3v) is 6.85. The number of aromatic amines is 1. The second-order valence-electron chi connectivity index (χ2n) is 6.74. The first-order valence-electron chi connectivity index (χ1n) is 8.91. The maximum absolute atomic E-state index is 13.0. The van der Waals surface area contributed by atoms with Crippen molar-refractivity contribution in [1.82, 2.24) is 9.29 Å². The molecule has 27 heavy (non-hydrogen) atoms. The zero-order valence-electron chi connectivity index (χ0n) is 15.0. The molecule has 0 aliphatic carbocycles. The molecule has 0 bridgehead atoms. The molecule has 1 aliphatic rings. The summed E-state index contributed by atoms with van der Waals surface area (Å²) in [6, 6.07) is 14.4. The Hall–Kier alpha value is -2.64. The van der Waals surface area contributed by atoms with Crippen LogP contribution in [0.2, 0.25) is 0 Å². The van der Waals surface area contributed by atoms with E-state index in [9.17, 15) is 13.2 Å². The molecule has 7 heteroatoms. The molecule has 2 N–H and O–H groups in total. The molecule has 1 aliphatic heterocycles. The summed E-state index contributed by atoms with van der Waals surface area (Å²) in [5.41, 5.74) is 4.02. The zero-order valence-corrected chi connectivity index (χ0v) is 15.8. The van der Waals surface area contributed by atoms with Crippen molar-refractivity contribution in [2.75, 3.05) is 18.4 Å². The molecule has 0 radical (unpaired) electrons. The minimum Gasteiger partial charge on any atom is -0.358 e. The van der Waals surface area contributed by atoms with Crippen molar-refractivity contribution in [2.24, 2.45) is 0 Å². The number of para-hydroxylation sites is 1. The lowest BCUT2D eigenvalue weighted by Crippen LogP contribution is -2.33. The van der Waals surface area contributed by atoms with Gasteiger partial charge in [0.2, 0.25) is 15.9 Å². The Balaban J connectivity index is 1.57. The minimum atomic E-state index is -3.57. The number of rotatable bonds is 3. The van der Waals surface area contributed by atoms with Gasteiger partial charge in [0.1, 0.15) is 0 Å². The van der Waals surface area contributed by atoms with E-state index in [0.29, 0.717) is 31.6 Å². The van der Waals surface area contributed by atoms with E-state index >= 15 is 0 Å². The van der Waals surface area contributed by atoms with Crippen LogP contribution in [0.3, 0.4) is 0 Å². The van der Waals surface area contributed by atoms with Gasteiger partial charge in [-0.2, -0.15) is 4.31 Å². The summed E-state index contributed by atoms with van der Waals surface area (Å²) in [6.07, 6.45) is 1.34. The van der Waals surface area contributed by atoms with Gasteiger partial charge in [-0.25, -0.2) is 8.42 Å². The normalized spacial score (nSPS) is 15.3. The number of hydrogen-bond acceptors (Lipinski definition) is 3. The van der Waals surface area contributed by atoms with E-state index in [1.807, 2.05) is 12.1 Å². The first-order chi connectivity index (χ1) is 12.9. The van der Waals surface area contributed by atoms with Gasteiger partial charge in [0.05, 0.1) is 4.90 Å². The van der Waals surface area contributed by atoms with Crippen molar-refractivity contribution in [3.8, 4) is 0 Å². The fourth-order valence-corrected chi connectivity index (χ4v) is 5.08. The van der Waals surface area contributed by atoms with Crippen molar-refractivity contribution in [1.29, 1.82) is 0 Å². The van der Waals surface area contributed by atoms with Crippen molar-refractivity contribution < 1.29 is 13.2 Å². The molecule has 6 nitrogen and oxygen atoms in total. The highest BCUT2D eigenvalue weighted by molar-refractivity contribution is 7.89. The molecule has 1 amide bonds. The molecule has 2 aromatic carbocycles. The van der Waals surface area contributed by atoms with Crippen LogP contribution in [0, 0.1) is 0 Å². The van der Waals surface area contributed by atoms with E-state index in [1.54, 1.807) is 28.6 Å². The highest BCUT2D eigenvalue weighted by atomic mass is 32.2. The lowest BCUT2D eigenvalue weighted by molar-refractivity contribution is -0.114. The maximum Gasteiger partial charge on any atom is 0.243 e. The van der Waals surface area contributed by atoms with Crippen molar-refractivity contribution >= 4 is 32.5 Å². The standard InChI is InChI=1S/C20H21N3O3S/c1-14(24)21-15-6-8-16(9-7-15)27(25,26)23-12-10-18-17-4-2-3-5-19(17)22-20(18)11-13-23/h2-9,22H,10-13H2,1H3,(H,21,24). The number of nitrogens with one attached hydrogen (secondary N) is 2. The smallest absolute Gasteiger partial charge is 0.243 e. The van der Waals surface area contributed by atoms with E-state index in [4.69, 9.17) is 0 Å². The lowest BCUT2D eigenvalue weighted by atomic mass is 10.1. The monoisotopic (exact) mass is 383 g/mol. The van der Waals surface area contributed by atoms with Crippen LogP contribution in [-0.4, -0.2) is 36.7 Å². The summed E-state index contributed by atoms with van der Waals surface area (Å²) in [7, 11) is -3.57. The number of benzene rings is 2. The minimum absolute atomic E-state index is 0.188. The number of amides is 1. The highest BCUT2D eigenvalue weighted by Crippen LogP contribution is 2.28. The van der Waals surface area contributed by atoms with E-state index in [0.717, 1.165) is 11.2 Å². The van der Waals surface area contributed by atoms with Gasteiger partial charge < -0.3 is 10.3 Å². The van der Waals surface area contributed by atoms with Crippen LogP contribution in [-0.2, 0) is 27.7 Å². The van der Waals surface area contributed by atoms with Gasteiger partial charge in [-0.15, -0.1) is 0 Å². The number of carbonyl (C=O) groups excluding carboxylic acids is 1. The largest absolute Gasteiger partial charge is 0.358 e. The summed E-state index contributed by atoms with van der Waals surface area (Å²) >= 11 is 0. The molecule has 3 aromatic rings. The highest BCUT2D eigenvalue weighted by Gasteiger charge is 2.27. The topological polar surface area (TPSA) is 82.3 Å². The van der Waals surface area contributed by atoms with Gasteiger partial charge >= 0.3 is 0 Å². The Morgan fingerprint density at radius 1 is 1.04 bits per heavy atom. The Morgan fingerprint density at radius 2 is 1.74 bits per heavy atom. The maximum atomic E-state index is 13.0. The molecular formula is C20H21N3O3S. The number of hydrogen-bond donors (Lipinski definition) is 2. The van der Waals surface area contributed by atoms with Crippen LogP contribution < -0.4 is 5.32 Å². The predicted molar refractivity (Wildman–Crippen MR) is 105 cm³/mol. The Labute approximate surface area is 158 Å². The number of H-pyrrole nitrogens is 1. The summed E-state index contributed by atoms with van der Waals surface area (Å²) in [5.74, 6) is -0.188. The van der Waals surface area contributed by atoms with Crippen molar-refractivity contribution in [3.63, 3.8) is 0 Å². The Morgan fingerprint density at radius 3 is 2.48 bits per heavy atom. The van der Waals surface area contributed by atoms with Crippen LogP contribution in [0.4, 0.5) is 5.69 Å². The van der Waals surface area contributed by atoms with E-state index in [2.05, 4.69) is 22.4 Å². The molecule has 4 rings (SSSR count). The van der Waals surface area contributed by atoms with Gasteiger partial charge in [0.25, 0.3) is 0 Å². The second-order valence-corrected chi connectivity index (χ2v) is 8.68. The molecular weight excluding hydrogens is 362 g/mol. The molecule has 0 saturated heterocycles. The van der Waals surface area contributed by atoms with Crippen molar-refractivity contribution in [2.45, 2.75) is 24.7 Å². The second kappa shape index (κ2) is 6.83. The van der Waals surface area contributed by atoms with Crippen LogP contribution >= 0.6 is 0 Å². The molecule has 2 heterocycles. The number of nitrogens with zero attached hydrogens (tertiary/aromatic N) is 1. The third-order valence-electron chi connectivity index (χ3n) is 4.94. The number of aromatic nitrogens is 1. The van der Waals surface area contributed by atoms with Crippen LogP contribution in [0.15, 0.2) is 53.4 Å². The molecule has 0 unspecified atom stereocenters. The summed E-state index contributed by atoms with van der Waals surface area (Å²) < 4.78 is 27.6. The zero-order chi connectivity index (χ0) is 19.0. The van der Waals surface area contributed by atoms with Crippen LogP contribution in [0.25, 0.3) is 10.9 Å². The Bertz CT molecular complexity index is 1100. The van der Waals surface area contributed by atoms with Gasteiger partial charge in [-0.1, -0.05) is 18.2 Å². The number of anilines is 1. The molecule has 0 fully saturated rings. The average molecular weight is 383 g/mol. The van der Waals surface area contributed by atoms with Crippen LogP contribution in [0.5, 0.6) is 0 Å². The first kappa shape index (κ1) is 17.8. The van der Waals surface area contributed by atoms with E-state index in [1.165, 1.54) is 17.9 Å². The molecule has 0 atom stereocenters. The summed E-state index contributed by atoms with van der Waals surface area (Å²) in [6.45, 7) is 2.31. The van der Waals surface area contributed by atoms with E-state index in [-0.39, 0.29) is 10.8 Å². The molecule has 0 spiro atoms. The Kier molecular flexibility index (Phi) is 4.49. The number of sulfonamides is 1. The lowest BCUT2D eigenvalue weighted by Gasteiger charge is -2.20. The summed E-state index contributed by atoms with van der Waals surface area (Å²) in [5, 5.41) is 3.82. The summed E-state index contributed by atoms with van der Waals surface area (Å²) in [4.78, 5) is 14.8. The first-order valence-corrected chi connectivity index (χ1v) is 10.4. The van der Waals surface area contributed by atoms with Gasteiger partial charge in [0, 0.05) is 48.7 Å². The SMILES string of the molecule is CC(=O)Nc1ccc(S(=O)(=O)N2CCc3[nH]c4ccccc4c3CC2)cc1.